The zero-order valence-corrected chi connectivity index (χ0v) is 42.0. The average Bonchev–Trinajstić information content (AvgIpc) is 3.62. The van der Waals surface area contributed by atoms with Crippen LogP contribution in [0.2, 0.25) is 0 Å². The molecule has 0 spiro atoms. The first kappa shape index (κ1) is 47.0. The molecule has 0 aliphatic rings. The van der Waals surface area contributed by atoms with Gasteiger partial charge in [0, 0.05) is 106 Å². The molecule has 78 heavy (non-hydrogen) atoms. The van der Waals surface area contributed by atoms with E-state index >= 15 is 0 Å². The van der Waals surface area contributed by atoms with E-state index in [0.29, 0.717) is 0 Å². The van der Waals surface area contributed by atoms with E-state index in [0.717, 1.165) is 135 Å². The van der Waals surface area contributed by atoms with Crippen molar-refractivity contribution in [1.82, 2.24) is 44.9 Å². The first-order valence-corrected chi connectivity index (χ1v) is 25.6. The molecule has 0 bridgehead atoms. The molecule has 366 valence electrons. The van der Waals surface area contributed by atoms with Crippen LogP contribution in [0, 0.1) is 0 Å². The Morgan fingerprint density at radius 2 is 0.321 bits per heavy atom. The third-order valence-corrected chi connectivity index (χ3v) is 13.8. The van der Waals surface area contributed by atoms with E-state index in [9.17, 15) is 0 Å². The Labute approximate surface area is 451 Å². The first-order chi connectivity index (χ1) is 38.7. The van der Waals surface area contributed by atoms with Gasteiger partial charge in [0.2, 0.25) is 0 Å². The highest BCUT2D eigenvalue weighted by Gasteiger charge is 2.27. The minimum atomic E-state index is 0.788. The van der Waals surface area contributed by atoms with Gasteiger partial charge in [-0.2, -0.15) is 0 Å². The maximum absolute atomic E-state index is 5.10. The maximum Gasteiger partial charge on any atom is 0.0715 e. The fourth-order valence-corrected chi connectivity index (χ4v) is 10.5. The summed E-state index contributed by atoms with van der Waals surface area (Å²) < 4.78 is 0. The molecular weight excluding hydrogens is 955 g/mol. The Balaban J connectivity index is 1.19. The smallest absolute Gasteiger partial charge is 0.0715 e. The second kappa shape index (κ2) is 21.2. The molecule has 0 radical (unpaired) electrons. The van der Waals surface area contributed by atoms with Gasteiger partial charge in [-0.3, -0.25) is 44.9 Å². The summed E-state index contributed by atoms with van der Waals surface area (Å²) in [5.74, 6) is 0. The lowest BCUT2D eigenvalue weighted by Crippen LogP contribution is -2.00. The van der Waals surface area contributed by atoms with Crippen LogP contribution in [0.3, 0.4) is 0 Å². The highest BCUT2D eigenvalue weighted by molar-refractivity contribution is 6.05. The lowest BCUT2D eigenvalue weighted by Gasteiger charge is -2.23. The molecule has 13 rings (SSSR count). The van der Waals surface area contributed by atoms with E-state index in [-0.39, 0.29) is 0 Å². The predicted molar refractivity (Wildman–Crippen MR) is 312 cm³/mol. The number of aromatic nitrogens is 9. The third kappa shape index (κ3) is 9.07. The van der Waals surface area contributed by atoms with Gasteiger partial charge < -0.3 is 0 Å². The number of hydrogen-bond acceptors (Lipinski definition) is 9. The van der Waals surface area contributed by atoms with Gasteiger partial charge in [-0.1, -0.05) is 91.0 Å². The fourth-order valence-electron chi connectivity index (χ4n) is 10.5. The highest BCUT2D eigenvalue weighted by atomic mass is 14.7. The van der Waals surface area contributed by atoms with E-state index < -0.39 is 0 Å². The van der Waals surface area contributed by atoms with Crippen molar-refractivity contribution < 1.29 is 0 Å². The Hall–Kier alpha value is -10.8. The molecule has 9 heteroatoms. The molecule has 0 unspecified atom stereocenters. The molecule has 0 aliphatic heterocycles. The summed E-state index contributed by atoms with van der Waals surface area (Å²) in [7, 11) is 0. The standard InChI is InChI=1S/C69H45N9/c1-10-34-70-55(19-1)52-31-28-49(64(58-22-4-13-37-73-58)67(52)61-25-7-16-40-76-61)46-43-47(50-29-32-53(56-20-2-11-35-71-56)68(62-26-8-17-41-77-62)65(50)59-23-5-14-38-74-59)45-48(44-46)51-30-33-54(57-21-3-12-36-72-57)69(63-27-9-18-42-78-63)66(51)60-24-6-15-39-75-60/h1-45H. The summed E-state index contributed by atoms with van der Waals surface area (Å²) in [5, 5.41) is 0. The van der Waals surface area contributed by atoms with Gasteiger partial charge in [0.1, 0.15) is 0 Å². The monoisotopic (exact) mass is 999 g/mol. The number of benzene rings is 4. The van der Waals surface area contributed by atoms with Crippen LogP contribution in [0.25, 0.3) is 135 Å². The molecule has 0 atom stereocenters. The summed E-state index contributed by atoms with van der Waals surface area (Å²) in [6, 6.07) is 74.2. The molecule has 0 saturated heterocycles. The number of hydrogen-bond donors (Lipinski definition) is 0. The van der Waals surface area contributed by atoms with Crippen LogP contribution in [0.5, 0.6) is 0 Å². The van der Waals surface area contributed by atoms with Crippen LogP contribution in [0.15, 0.2) is 274 Å². The van der Waals surface area contributed by atoms with Crippen molar-refractivity contribution in [3.63, 3.8) is 0 Å². The summed E-state index contributed by atoms with van der Waals surface area (Å²) >= 11 is 0. The van der Waals surface area contributed by atoms with Gasteiger partial charge in [-0.15, -0.1) is 0 Å². The van der Waals surface area contributed by atoms with E-state index in [2.05, 4.69) is 91.0 Å². The molecule has 9 aromatic heterocycles. The average molecular weight is 1000 g/mol. The second-order valence-corrected chi connectivity index (χ2v) is 18.5. The van der Waals surface area contributed by atoms with Crippen LogP contribution < -0.4 is 0 Å². The topological polar surface area (TPSA) is 116 Å². The molecule has 0 amide bonds. The molecule has 4 aromatic carbocycles. The lowest BCUT2D eigenvalue weighted by molar-refractivity contribution is 1.28. The third-order valence-electron chi connectivity index (χ3n) is 13.8. The van der Waals surface area contributed by atoms with E-state index in [1.165, 1.54) is 0 Å². The molecule has 0 saturated carbocycles. The lowest BCUT2D eigenvalue weighted by atomic mass is 9.81. The Kier molecular flexibility index (Phi) is 12.8. The first-order valence-electron chi connectivity index (χ1n) is 25.6. The van der Waals surface area contributed by atoms with E-state index in [1.54, 1.807) is 0 Å². The summed E-state index contributed by atoms with van der Waals surface area (Å²) in [4.78, 5) is 45.1. The van der Waals surface area contributed by atoms with Crippen molar-refractivity contribution in [3.05, 3.63) is 274 Å². The predicted octanol–water partition coefficient (Wildman–Crippen LogP) is 16.2. The molecular formula is C69H45N9. The maximum atomic E-state index is 5.10. The van der Waals surface area contributed by atoms with Gasteiger partial charge in [0.25, 0.3) is 0 Å². The van der Waals surface area contributed by atoms with Gasteiger partial charge in [0.15, 0.2) is 0 Å². The van der Waals surface area contributed by atoms with Gasteiger partial charge in [-0.25, -0.2) is 0 Å². The van der Waals surface area contributed by atoms with Crippen molar-refractivity contribution >= 4 is 0 Å². The molecule has 9 heterocycles. The van der Waals surface area contributed by atoms with Crippen LogP contribution >= 0.6 is 0 Å². The van der Waals surface area contributed by atoms with Gasteiger partial charge in [0.05, 0.1) is 51.2 Å². The normalized spacial score (nSPS) is 11.1. The second-order valence-electron chi connectivity index (χ2n) is 18.5. The van der Waals surface area contributed by atoms with Crippen molar-refractivity contribution in [2.24, 2.45) is 0 Å². The zero-order chi connectivity index (χ0) is 52.0. The SMILES string of the molecule is c1ccc(-c2ccc(-c3cc(-c4ccc(-c5ccccn5)c(-c5ccccn5)c4-c4ccccn4)cc(-c4ccc(-c5ccccn5)c(-c5ccccn5)c4-c4ccccn4)c3)c(-c3ccccn3)c2-c2ccccn2)nc1. The van der Waals surface area contributed by atoms with Crippen LogP contribution in [0.4, 0.5) is 0 Å². The molecule has 13 aromatic rings. The Morgan fingerprint density at radius 1 is 0.154 bits per heavy atom. The fraction of sp³-hybridized carbons (Fsp3) is 0. The quantitative estimate of drug-likeness (QED) is 0.118. The van der Waals surface area contributed by atoms with Gasteiger partial charge in [-0.05, 0) is 161 Å². The molecule has 0 aliphatic carbocycles. The van der Waals surface area contributed by atoms with Crippen molar-refractivity contribution in [2.75, 3.05) is 0 Å². The van der Waals surface area contributed by atoms with Crippen molar-refractivity contribution in [3.8, 4) is 135 Å². The van der Waals surface area contributed by atoms with Gasteiger partial charge >= 0.3 is 0 Å². The van der Waals surface area contributed by atoms with Crippen LogP contribution in [0.1, 0.15) is 0 Å². The summed E-state index contributed by atoms with van der Waals surface area (Å²) in [6.45, 7) is 0. The van der Waals surface area contributed by atoms with Crippen LogP contribution in [-0.2, 0) is 0 Å². The molecule has 0 N–H and O–H groups in total. The minimum absolute atomic E-state index is 0.788. The van der Waals surface area contributed by atoms with E-state index in [4.69, 9.17) is 44.9 Å². The minimum Gasteiger partial charge on any atom is -0.256 e. The van der Waals surface area contributed by atoms with Crippen LogP contribution in [-0.4, -0.2) is 44.9 Å². The Morgan fingerprint density at radius 3 is 0.500 bits per heavy atom. The molecule has 0 fully saturated rings. The molecule has 9 nitrogen and oxygen atoms in total. The zero-order valence-electron chi connectivity index (χ0n) is 42.0. The van der Waals surface area contributed by atoms with Crippen molar-refractivity contribution in [2.45, 2.75) is 0 Å². The van der Waals surface area contributed by atoms with E-state index in [1.807, 2.05) is 183 Å². The summed E-state index contributed by atoms with van der Waals surface area (Å²) in [6.07, 6.45) is 16.5. The largest absolute Gasteiger partial charge is 0.256 e. The number of pyridine rings is 9. The number of nitrogens with zero attached hydrogens (tertiary/aromatic N) is 9. The van der Waals surface area contributed by atoms with Crippen molar-refractivity contribution in [1.29, 1.82) is 0 Å². The number of rotatable bonds is 12. The Bertz CT molecular complexity index is 3750. The highest BCUT2D eigenvalue weighted by Crippen LogP contribution is 2.51. The summed E-state index contributed by atoms with van der Waals surface area (Å²) in [5.41, 5.74) is 21.1.